The summed E-state index contributed by atoms with van der Waals surface area (Å²) in [4.78, 5) is 13.2. The second-order valence-corrected chi connectivity index (χ2v) is 3.66. The van der Waals surface area contributed by atoms with Crippen LogP contribution in [0.4, 0.5) is 0 Å². The highest BCUT2D eigenvalue weighted by atomic mass is 16.5. The number of rotatable bonds is 9. The summed E-state index contributed by atoms with van der Waals surface area (Å²) >= 11 is 0. The highest BCUT2D eigenvalue weighted by Gasteiger charge is 2.14. The molecule has 1 unspecified atom stereocenters. The van der Waals surface area contributed by atoms with Crippen molar-refractivity contribution in [3.05, 3.63) is 0 Å². The molecule has 0 saturated heterocycles. The lowest BCUT2D eigenvalue weighted by molar-refractivity contribution is -0.141. The number of carbonyl (C=O) groups is 1. The maximum absolute atomic E-state index is 11.1. The van der Waals surface area contributed by atoms with Gasteiger partial charge in [0.15, 0.2) is 0 Å². The molecule has 1 atom stereocenters. The average Bonchev–Trinajstić information content (AvgIpc) is 2.29. The molecule has 5 nitrogen and oxygen atoms in total. The summed E-state index contributed by atoms with van der Waals surface area (Å²) in [5.74, 6) is -0.188. The van der Waals surface area contributed by atoms with Crippen LogP contribution in [-0.2, 0) is 19.0 Å². The molecular weight excluding hydrogens is 210 g/mol. The molecule has 0 saturated carbocycles. The van der Waals surface area contributed by atoms with Crippen LogP contribution in [0.3, 0.4) is 0 Å². The minimum Gasteiger partial charge on any atom is -0.469 e. The van der Waals surface area contributed by atoms with E-state index in [1.807, 2.05) is 0 Å². The first-order valence-corrected chi connectivity index (χ1v) is 5.44. The molecule has 0 amide bonds. The molecule has 96 valence electrons. The van der Waals surface area contributed by atoms with Gasteiger partial charge >= 0.3 is 5.97 Å². The second kappa shape index (κ2) is 9.57. The normalized spacial score (nSPS) is 12.8. The molecule has 0 aromatic carbocycles. The number of ether oxygens (including phenoxy) is 3. The van der Waals surface area contributed by atoms with Gasteiger partial charge in [-0.1, -0.05) is 0 Å². The van der Waals surface area contributed by atoms with Crippen molar-refractivity contribution in [3.63, 3.8) is 0 Å². The Morgan fingerprint density at radius 3 is 2.38 bits per heavy atom. The predicted octanol–water partition coefficient (Wildman–Crippen LogP) is 0.533. The summed E-state index contributed by atoms with van der Waals surface area (Å²) in [7, 11) is 4.74. The Kier molecular flexibility index (Phi) is 9.18. The van der Waals surface area contributed by atoms with Gasteiger partial charge in [-0.15, -0.1) is 0 Å². The first kappa shape index (κ1) is 15.3. The molecule has 0 spiro atoms. The lowest BCUT2D eigenvalue weighted by atomic mass is 10.2. The lowest BCUT2D eigenvalue weighted by Crippen LogP contribution is -2.39. The topological polar surface area (TPSA) is 48.0 Å². The highest BCUT2D eigenvalue weighted by molar-refractivity contribution is 5.69. The van der Waals surface area contributed by atoms with Gasteiger partial charge in [0.25, 0.3) is 0 Å². The Hall–Kier alpha value is -0.650. The Labute approximate surface area is 97.7 Å². The third-order valence-corrected chi connectivity index (χ3v) is 2.44. The smallest absolute Gasteiger partial charge is 0.306 e. The van der Waals surface area contributed by atoms with Gasteiger partial charge in [-0.05, 0) is 6.92 Å². The van der Waals surface area contributed by atoms with Crippen LogP contribution in [0, 0.1) is 0 Å². The Bertz CT molecular complexity index is 187. The molecule has 0 radical (unpaired) electrons. The maximum atomic E-state index is 11.1. The van der Waals surface area contributed by atoms with Crippen LogP contribution in [0.1, 0.15) is 13.3 Å². The van der Waals surface area contributed by atoms with Crippen molar-refractivity contribution in [3.8, 4) is 0 Å². The van der Waals surface area contributed by atoms with E-state index in [1.54, 1.807) is 14.2 Å². The average molecular weight is 233 g/mol. The number of hydrogen-bond donors (Lipinski definition) is 0. The van der Waals surface area contributed by atoms with Crippen LogP contribution in [0.5, 0.6) is 0 Å². The highest BCUT2D eigenvalue weighted by Crippen LogP contribution is 2.02. The quantitative estimate of drug-likeness (QED) is 0.544. The molecule has 0 rings (SSSR count). The molecule has 0 aromatic heterocycles. The molecule has 0 aromatic rings. The first-order chi connectivity index (χ1) is 7.65. The maximum Gasteiger partial charge on any atom is 0.306 e. The number of carbonyl (C=O) groups excluding carboxylic acids is 1. The molecular formula is C11H23NO4. The van der Waals surface area contributed by atoms with Crippen molar-refractivity contribution in [2.24, 2.45) is 0 Å². The number of hydrogen-bond acceptors (Lipinski definition) is 5. The van der Waals surface area contributed by atoms with E-state index in [2.05, 4.69) is 16.6 Å². The summed E-state index contributed by atoms with van der Waals surface area (Å²) in [5.41, 5.74) is 0. The van der Waals surface area contributed by atoms with Crippen LogP contribution in [0.15, 0.2) is 0 Å². The van der Waals surface area contributed by atoms with E-state index in [0.717, 1.165) is 6.54 Å². The van der Waals surface area contributed by atoms with Crippen molar-refractivity contribution in [2.75, 3.05) is 47.6 Å². The third kappa shape index (κ3) is 6.76. The van der Waals surface area contributed by atoms with Crippen LogP contribution >= 0.6 is 0 Å². The van der Waals surface area contributed by atoms with Crippen molar-refractivity contribution in [1.82, 2.24) is 4.90 Å². The van der Waals surface area contributed by atoms with Crippen LogP contribution < -0.4 is 0 Å². The van der Waals surface area contributed by atoms with E-state index in [1.165, 1.54) is 7.11 Å². The van der Waals surface area contributed by atoms with E-state index in [0.29, 0.717) is 26.2 Å². The predicted molar refractivity (Wildman–Crippen MR) is 61.4 cm³/mol. The van der Waals surface area contributed by atoms with Crippen LogP contribution in [-0.4, -0.2) is 64.5 Å². The third-order valence-electron chi connectivity index (χ3n) is 2.44. The van der Waals surface area contributed by atoms with Gasteiger partial charge in [-0.3, -0.25) is 9.69 Å². The van der Waals surface area contributed by atoms with Gasteiger partial charge in [0.2, 0.25) is 0 Å². The molecule has 0 heterocycles. The van der Waals surface area contributed by atoms with Crippen molar-refractivity contribution < 1.29 is 19.0 Å². The van der Waals surface area contributed by atoms with Crippen LogP contribution in [0.2, 0.25) is 0 Å². The van der Waals surface area contributed by atoms with E-state index < -0.39 is 0 Å². The Morgan fingerprint density at radius 1 is 1.19 bits per heavy atom. The van der Waals surface area contributed by atoms with E-state index in [9.17, 15) is 4.79 Å². The molecule has 5 heteroatoms. The second-order valence-electron chi connectivity index (χ2n) is 3.66. The Balaban J connectivity index is 4.03. The van der Waals surface area contributed by atoms with Gasteiger partial charge in [0.1, 0.15) is 0 Å². The standard InChI is InChI=1S/C11H23NO4/c1-10(9-15-3)12(7-8-14-2)6-5-11(13)16-4/h10H,5-9H2,1-4H3. The fraction of sp³-hybridized carbons (Fsp3) is 0.909. The molecule has 16 heavy (non-hydrogen) atoms. The molecule has 0 aliphatic carbocycles. The summed E-state index contributed by atoms with van der Waals surface area (Å²) < 4.78 is 14.8. The zero-order chi connectivity index (χ0) is 12.4. The molecule has 0 aliphatic heterocycles. The van der Waals surface area contributed by atoms with Gasteiger partial charge in [-0.25, -0.2) is 0 Å². The zero-order valence-corrected chi connectivity index (χ0v) is 10.7. The SMILES string of the molecule is COCCN(CCC(=O)OC)C(C)COC. The van der Waals surface area contributed by atoms with Crippen molar-refractivity contribution in [2.45, 2.75) is 19.4 Å². The first-order valence-electron chi connectivity index (χ1n) is 5.44. The van der Waals surface area contributed by atoms with Crippen molar-refractivity contribution >= 4 is 5.97 Å². The van der Waals surface area contributed by atoms with E-state index >= 15 is 0 Å². The molecule has 0 aliphatic rings. The van der Waals surface area contributed by atoms with E-state index in [4.69, 9.17) is 9.47 Å². The fourth-order valence-electron chi connectivity index (χ4n) is 1.44. The largest absolute Gasteiger partial charge is 0.469 e. The fourth-order valence-corrected chi connectivity index (χ4v) is 1.44. The monoisotopic (exact) mass is 233 g/mol. The molecule has 0 N–H and O–H groups in total. The van der Waals surface area contributed by atoms with Crippen LogP contribution in [0.25, 0.3) is 0 Å². The number of methoxy groups -OCH3 is 3. The molecule has 0 bridgehead atoms. The summed E-state index contributed by atoms with van der Waals surface area (Å²) in [6.07, 6.45) is 0.397. The number of esters is 1. The lowest BCUT2D eigenvalue weighted by Gasteiger charge is -2.27. The summed E-state index contributed by atoms with van der Waals surface area (Å²) in [5, 5.41) is 0. The van der Waals surface area contributed by atoms with Gasteiger partial charge in [-0.2, -0.15) is 0 Å². The van der Waals surface area contributed by atoms with E-state index in [-0.39, 0.29) is 12.0 Å². The minimum absolute atomic E-state index is 0.188. The van der Waals surface area contributed by atoms with Crippen molar-refractivity contribution in [1.29, 1.82) is 0 Å². The Morgan fingerprint density at radius 2 is 1.88 bits per heavy atom. The van der Waals surface area contributed by atoms with Gasteiger partial charge < -0.3 is 14.2 Å². The number of nitrogens with zero attached hydrogens (tertiary/aromatic N) is 1. The summed E-state index contributed by atoms with van der Waals surface area (Å²) in [6, 6.07) is 0.268. The summed E-state index contributed by atoms with van der Waals surface area (Å²) in [6.45, 7) is 4.81. The zero-order valence-electron chi connectivity index (χ0n) is 10.7. The minimum atomic E-state index is -0.188. The van der Waals surface area contributed by atoms with Gasteiger partial charge in [0.05, 0.1) is 26.7 Å². The van der Waals surface area contributed by atoms with Gasteiger partial charge in [0, 0.05) is 33.4 Å². The molecule has 0 fully saturated rings.